The van der Waals surface area contributed by atoms with Crippen molar-refractivity contribution in [3.63, 3.8) is 0 Å². The third-order valence-corrected chi connectivity index (χ3v) is 4.88. The highest BCUT2D eigenvalue weighted by molar-refractivity contribution is 6.12. The van der Waals surface area contributed by atoms with Crippen LogP contribution in [0.5, 0.6) is 11.5 Å². The van der Waals surface area contributed by atoms with Gasteiger partial charge >= 0.3 is 0 Å². The maximum absolute atomic E-state index is 12.5. The van der Waals surface area contributed by atoms with E-state index in [0.29, 0.717) is 29.4 Å². The van der Waals surface area contributed by atoms with Crippen LogP contribution in [0.4, 0.5) is 0 Å². The number of aryl methyl sites for hydroxylation is 2. The van der Waals surface area contributed by atoms with Gasteiger partial charge in [-0.3, -0.25) is 4.79 Å². The van der Waals surface area contributed by atoms with Gasteiger partial charge in [0.1, 0.15) is 18.1 Å². The summed E-state index contributed by atoms with van der Waals surface area (Å²) in [6.07, 6.45) is 5.46. The quantitative estimate of drug-likeness (QED) is 0.504. The number of hydrogen-bond donors (Lipinski definition) is 0. The van der Waals surface area contributed by atoms with Crippen LogP contribution in [0.2, 0.25) is 0 Å². The first-order chi connectivity index (χ1) is 14.1. The summed E-state index contributed by atoms with van der Waals surface area (Å²) in [5, 5.41) is 0. The molecule has 3 aromatic carbocycles. The van der Waals surface area contributed by atoms with Crippen molar-refractivity contribution in [2.45, 2.75) is 20.5 Å². The lowest BCUT2D eigenvalue weighted by atomic mass is 10.1. The molecule has 144 valence electrons. The maximum atomic E-state index is 12.5. The first-order valence-electron chi connectivity index (χ1n) is 9.59. The smallest absolute Gasteiger partial charge is 0.231 e. The van der Waals surface area contributed by atoms with Crippen molar-refractivity contribution in [3.8, 4) is 11.5 Å². The van der Waals surface area contributed by atoms with E-state index in [0.717, 1.165) is 11.1 Å². The number of carbonyl (C=O) groups excluding carboxylic acids is 1. The van der Waals surface area contributed by atoms with Gasteiger partial charge < -0.3 is 9.47 Å². The van der Waals surface area contributed by atoms with Gasteiger partial charge in [0.2, 0.25) is 5.78 Å². The summed E-state index contributed by atoms with van der Waals surface area (Å²) in [5.74, 6) is 1.42. The summed E-state index contributed by atoms with van der Waals surface area (Å²) in [4.78, 5) is 12.5. The van der Waals surface area contributed by atoms with Crippen LogP contribution < -0.4 is 9.47 Å². The molecule has 1 heterocycles. The summed E-state index contributed by atoms with van der Waals surface area (Å²) < 4.78 is 11.7. The third kappa shape index (κ3) is 4.30. The second-order valence-electron chi connectivity index (χ2n) is 7.11. The van der Waals surface area contributed by atoms with Crippen molar-refractivity contribution in [3.05, 3.63) is 112 Å². The van der Waals surface area contributed by atoms with Crippen LogP contribution >= 0.6 is 0 Å². The zero-order chi connectivity index (χ0) is 20.2. The van der Waals surface area contributed by atoms with E-state index in [2.05, 4.69) is 32.0 Å². The topological polar surface area (TPSA) is 35.5 Å². The van der Waals surface area contributed by atoms with Crippen LogP contribution in [-0.4, -0.2) is 5.78 Å². The minimum atomic E-state index is -0.112. The monoisotopic (exact) mass is 382 g/mol. The van der Waals surface area contributed by atoms with Crippen molar-refractivity contribution in [1.82, 2.24) is 0 Å². The van der Waals surface area contributed by atoms with Gasteiger partial charge in [-0.25, -0.2) is 0 Å². The maximum Gasteiger partial charge on any atom is 0.231 e. The van der Waals surface area contributed by atoms with Crippen LogP contribution in [0.25, 0.3) is 6.08 Å². The van der Waals surface area contributed by atoms with E-state index in [4.69, 9.17) is 9.47 Å². The Balaban J connectivity index is 1.46. The zero-order valence-electron chi connectivity index (χ0n) is 16.5. The average molecular weight is 382 g/mol. The van der Waals surface area contributed by atoms with Crippen LogP contribution in [0.15, 0.2) is 84.6 Å². The van der Waals surface area contributed by atoms with Crippen molar-refractivity contribution in [1.29, 1.82) is 0 Å². The molecule has 0 unspecified atom stereocenters. The fourth-order valence-corrected chi connectivity index (χ4v) is 3.20. The molecule has 0 aliphatic carbocycles. The number of ether oxygens (including phenoxy) is 2. The number of allylic oxidation sites excluding steroid dienone is 3. The number of rotatable bonds is 5. The van der Waals surface area contributed by atoms with Gasteiger partial charge in [0.25, 0.3) is 0 Å². The van der Waals surface area contributed by atoms with Crippen LogP contribution in [-0.2, 0) is 6.61 Å². The standard InChI is InChI=1S/C26H22O3/c1-18-11-12-19(2)21(15-18)17-28-22-13-14-23-25(16-22)29-24(26(23)27)10-6-9-20-7-4-3-5-8-20/h3-16H,17H2,1-2H3/b9-6+,24-10+. The number of carbonyl (C=O) groups is 1. The van der Waals surface area contributed by atoms with E-state index in [-0.39, 0.29) is 5.78 Å². The van der Waals surface area contributed by atoms with Gasteiger partial charge in [-0.05, 0) is 48.7 Å². The van der Waals surface area contributed by atoms with Crippen molar-refractivity contribution < 1.29 is 14.3 Å². The minimum absolute atomic E-state index is 0.112. The molecule has 29 heavy (non-hydrogen) atoms. The Morgan fingerprint density at radius 1 is 0.966 bits per heavy atom. The lowest BCUT2D eigenvalue weighted by molar-refractivity contribution is 0.101. The summed E-state index contributed by atoms with van der Waals surface area (Å²) in [6.45, 7) is 4.61. The lowest BCUT2D eigenvalue weighted by Gasteiger charge is -2.10. The van der Waals surface area contributed by atoms with Gasteiger partial charge in [0.05, 0.1) is 5.56 Å². The molecule has 4 rings (SSSR count). The molecule has 3 nitrogen and oxygen atoms in total. The van der Waals surface area contributed by atoms with E-state index in [1.54, 1.807) is 18.2 Å². The SMILES string of the molecule is Cc1ccc(C)c(COc2ccc3c(c2)O/C(=C/C=C/c2ccccc2)C3=O)c1. The molecule has 3 heteroatoms. The summed E-state index contributed by atoms with van der Waals surface area (Å²) in [6, 6.07) is 21.6. The fraction of sp³-hybridized carbons (Fsp3) is 0.115. The molecule has 0 saturated carbocycles. The number of benzene rings is 3. The molecular formula is C26H22O3. The van der Waals surface area contributed by atoms with E-state index in [1.807, 2.05) is 48.6 Å². The average Bonchev–Trinajstić information content (AvgIpc) is 3.04. The molecule has 0 radical (unpaired) electrons. The predicted octanol–water partition coefficient (Wildman–Crippen LogP) is 6.05. The van der Waals surface area contributed by atoms with Gasteiger partial charge in [-0.15, -0.1) is 0 Å². The van der Waals surface area contributed by atoms with Crippen LogP contribution in [0.3, 0.4) is 0 Å². The normalized spacial score (nSPS) is 14.3. The number of fused-ring (bicyclic) bond motifs is 1. The van der Waals surface area contributed by atoms with Gasteiger partial charge in [-0.1, -0.05) is 66.2 Å². The Bertz CT molecular complexity index is 1110. The highest BCUT2D eigenvalue weighted by atomic mass is 16.5. The second kappa shape index (κ2) is 8.19. The molecule has 1 aliphatic rings. The third-order valence-electron chi connectivity index (χ3n) is 4.88. The van der Waals surface area contributed by atoms with Gasteiger partial charge in [-0.2, -0.15) is 0 Å². The number of hydrogen-bond acceptors (Lipinski definition) is 3. The van der Waals surface area contributed by atoms with Crippen molar-refractivity contribution in [2.24, 2.45) is 0 Å². The summed E-state index contributed by atoms with van der Waals surface area (Å²) in [7, 11) is 0. The second-order valence-corrected chi connectivity index (χ2v) is 7.11. The molecular weight excluding hydrogens is 360 g/mol. The first-order valence-corrected chi connectivity index (χ1v) is 9.59. The van der Waals surface area contributed by atoms with Gasteiger partial charge in [0.15, 0.2) is 5.76 Å². The molecule has 0 aromatic heterocycles. The Kier molecular flexibility index (Phi) is 5.30. The minimum Gasteiger partial charge on any atom is -0.489 e. The summed E-state index contributed by atoms with van der Waals surface area (Å²) in [5.41, 5.74) is 5.17. The predicted molar refractivity (Wildman–Crippen MR) is 115 cm³/mol. The summed E-state index contributed by atoms with van der Waals surface area (Å²) >= 11 is 0. The Hall–Kier alpha value is -3.59. The Morgan fingerprint density at radius 3 is 2.62 bits per heavy atom. The number of Topliss-reactive ketones (excluding diaryl/α,β-unsaturated/α-hetero) is 1. The van der Waals surface area contributed by atoms with E-state index >= 15 is 0 Å². The van der Waals surface area contributed by atoms with Gasteiger partial charge in [0, 0.05) is 6.07 Å². The molecule has 0 N–H and O–H groups in total. The largest absolute Gasteiger partial charge is 0.489 e. The zero-order valence-corrected chi connectivity index (χ0v) is 16.5. The Labute approximate surface area is 170 Å². The van der Waals surface area contributed by atoms with E-state index in [9.17, 15) is 4.79 Å². The number of ketones is 1. The molecule has 0 amide bonds. The lowest BCUT2D eigenvalue weighted by Crippen LogP contribution is -1.99. The highest BCUT2D eigenvalue weighted by Gasteiger charge is 2.27. The molecule has 0 spiro atoms. The van der Waals surface area contributed by atoms with Crippen molar-refractivity contribution >= 4 is 11.9 Å². The Morgan fingerprint density at radius 2 is 1.79 bits per heavy atom. The van der Waals surface area contributed by atoms with Crippen molar-refractivity contribution in [2.75, 3.05) is 0 Å². The van der Waals surface area contributed by atoms with E-state index < -0.39 is 0 Å². The highest BCUT2D eigenvalue weighted by Crippen LogP contribution is 2.34. The molecule has 0 bridgehead atoms. The molecule has 0 atom stereocenters. The molecule has 0 saturated heterocycles. The fourth-order valence-electron chi connectivity index (χ4n) is 3.20. The van der Waals surface area contributed by atoms with Crippen LogP contribution in [0, 0.1) is 13.8 Å². The molecule has 1 aliphatic heterocycles. The molecule has 3 aromatic rings. The first kappa shape index (κ1) is 18.8. The van der Waals surface area contributed by atoms with Crippen LogP contribution in [0.1, 0.15) is 32.6 Å². The van der Waals surface area contributed by atoms with E-state index in [1.165, 1.54) is 11.1 Å². The molecule has 0 fully saturated rings.